The Morgan fingerprint density at radius 3 is 2.72 bits per heavy atom. The third kappa shape index (κ3) is 7.12. The highest BCUT2D eigenvalue weighted by Gasteiger charge is 2.00. The molecule has 6 nitrogen and oxygen atoms in total. The highest BCUT2D eigenvalue weighted by molar-refractivity contribution is 5.79. The van der Waals surface area contributed by atoms with E-state index in [1.807, 2.05) is 36.4 Å². The Bertz CT molecular complexity index is 645. The van der Waals surface area contributed by atoms with Gasteiger partial charge >= 0.3 is 0 Å². The second kappa shape index (κ2) is 10.9. The lowest BCUT2D eigenvalue weighted by molar-refractivity contribution is 0.414. The molecule has 2 aromatic rings. The van der Waals surface area contributed by atoms with E-state index in [2.05, 4.69) is 32.0 Å². The van der Waals surface area contributed by atoms with E-state index in [1.54, 1.807) is 20.4 Å². The van der Waals surface area contributed by atoms with Crippen LogP contribution in [0.5, 0.6) is 5.75 Å². The predicted octanol–water partition coefficient (Wildman–Crippen LogP) is 2.65. The molecule has 1 aromatic carbocycles. The molecular weight excluding hydrogens is 314 g/mol. The molecule has 134 valence electrons. The first-order chi connectivity index (χ1) is 12.3. The minimum Gasteiger partial charge on any atom is -0.497 e. The van der Waals surface area contributed by atoms with Crippen LogP contribution in [0, 0.1) is 0 Å². The lowest BCUT2D eigenvalue weighted by Gasteiger charge is -2.12. The number of benzene rings is 1. The maximum Gasteiger partial charge on any atom is 0.191 e. The topological polar surface area (TPSA) is 70.6 Å². The number of nitrogens with zero attached hydrogens (tertiary/aromatic N) is 2. The molecule has 0 fully saturated rings. The average Bonchev–Trinajstić information content (AvgIpc) is 2.67. The molecule has 0 unspecified atom stereocenters. The van der Waals surface area contributed by atoms with Crippen LogP contribution in [0.4, 0.5) is 5.82 Å². The number of rotatable bonds is 9. The Labute approximate surface area is 149 Å². The van der Waals surface area contributed by atoms with Gasteiger partial charge in [-0.1, -0.05) is 18.2 Å². The molecule has 0 aliphatic carbocycles. The van der Waals surface area contributed by atoms with Gasteiger partial charge in [-0.05, 0) is 42.7 Å². The predicted molar refractivity (Wildman–Crippen MR) is 103 cm³/mol. The molecule has 0 amide bonds. The van der Waals surface area contributed by atoms with Crippen molar-refractivity contribution >= 4 is 11.8 Å². The van der Waals surface area contributed by atoms with E-state index in [0.29, 0.717) is 6.54 Å². The fraction of sp³-hybridized carbons (Fsp3) is 0.368. The van der Waals surface area contributed by atoms with Crippen molar-refractivity contribution in [3.05, 3.63) is 54.2 Å². The van der Waals surface area contributed by atoms with E-state index in [4.69, 9.17) is 4.74 Å². The van der Waals surface area contributed by atoms with Crippen LogP contribution in [-0.2, 0) is 6.54 Å². The SMILES string of the molecule is CN=C(NCCCCNc1ccccn1)NCc1cccc(OC)c1. The van der Waals surface area contributed by atoms with E-state index in [9.17, 15) is 0 Å². The third-order valence-corrected chi connectivity index (χ3v) is 3.68. The summed E-state index contributed by atoms with van der Waals surface area (Å²) in [7, 11) is 3.46. The van der Waals surface area contributed by atoms with Crippen LogP contribution in [-0.4, -0.2) is 38.2 Å². The van der Waals surface area contributed by atoms with Gasteiger partial charge in [0.2, 0.25) is 0 Å². The van der Waals surface area contributed by atoms with E-state index in [0.717, 1.165) is 49.0 Å². The number of pyridine rings is 1. The first kappa shape index (κ1) is 18.6. The van der Waals surface area contributed by atoms with Crippen molar-refractivity contribution in [3.63, 3.8) is 0 Å². The van der Waals surface area contributed by atoms with E-state index in [-0.39, 0.29) is 0 Å². The molecule has 0 saturated heterocycles. The molecule has 1 heterocycles. The molecule has 0 aliphatic rings. The molecule has 1 aromatic heterocycles. The Hall–Kier alpha value is -2.76. The van der Waals surface area contributed by atoms with Crippen molar-refractivity contribution in [1.29, 1.82) is 0 Å². The number of guanidine groups is 1. The number of anilines is 1. The van der Waals surface area contributed by atoms with Gasteiger partial charge in [0.15, 0.2) is 5.96 Å². The molecular formula is C19H27N5O. The van der Waals surface area contributed by atoms with Crippen molar-refractivity contribution < 1.29 is 4.74 Å². The van der Waals surface area contributed by atoms with Gasteiger partial charge in [-0.3, -0.25) is 4.99 Å². The van der Waals surface area contributed by atoms with Crippen LogP contribution in [0.25, 0.3) is 0 Å². The summed E-state index contributed by atoms with van der Waals surface area (Å²) < 4.78 is 5.24. The van der Waals surface area contributed by atoms with Crippen LogP contribution in [0.2, 0.25) is 0 Å². The number of aliphatic imine (C=N–C) groups is 1. The molecule has 0 radical (unpaired) electrons. The van der Waals surface area contributed by atoms with Gasteiger partial charge in [-0.15, -0.1) is 0 Å². The zero-order valence-corrected chi connectivity index (χ0v) is 15.0. The van der Waals surface area contributed by atoms with Crippen LogP contribution < -0.4 is 20.7 Å². The molecule has 2 rings (SSSR count). The Morgan fingerprint density at radius 2 is 1.96 bits per heavy atom. The minimum absolute atomic E-state index is 0.706. The van der Waals surface area contributed by atoms with Gasteiger partial charge in [-0.2, -0.15) is 0 Å². The van der Waals surface area contributed by atoms with Crippen molar-refractivity contribution in [2.24, 2.45) is 4.99 Å². The lowest BCUT2D eigenvalue weighted by atomic mass is 10.2. The Balaban J connectivity index is 1.60. The largest absolute Gasteiger partial charge is 0.497 e. The monoisotopic (exact) mass is 341 g/mol. The molecule has 25 heavy (non-hydrogen) atoms. The standard InChI is InChI=1S/C19H27N5O/c1-20-19(24-15-16-8-7-9-17(14-16)25-2)23-13-6-5-12-22-18-10-3-4-11-21-18/h3-4,7-11,14H,5-6,12-13,15H2,1-2H3,(H,21,22)(H2,20,23,24). The van der Waals surface area contributed by atoms with Gasteiger partial charge in [-0.25, -0.2) is 4.98 Å². The summed E-state index contributed by atoms with van der Waals surface area (Å²) in [6.07, 6.45) is 3.91. The molecule has 6 heteroatoms. The summed E-state index contributed by atoms with van der Waals surface area (Å²) in [6, 6.07) is 13.9. The van der Waals surface area contributed by atoms with Gasteiger partial charge in [0.25, 0.3) is 0 Å². The molecule has 0 atom stereocenters. The highest BCUT2D eigenvalue weighted by Crippen LogP contribution is 2.12. The minimum atomic E-state index is 0.706. The maximum atomic E-state index is 5.24. The number of aromatic nitrogens is 1. The van der Waals surface area contributed by atoms with Crippen molar-refractivity contribution in [3.8, 4) is 5.75 Å². The molecule has 0 aliphatic heterocycles. The second-order valence-corrected chi connectivity index (χ2v) is 5.55. The van der Waals surface area contributed by atoms with E-state index < -0.39 is 0 Å². The summed E-state index contributed by atoms with van der Waals surface area (Å²) in [5.41, 5.74) is 1.15. The first-order valence-electron chi connectivity index (χ1n) is 8.54. The number of nitrogens with one attached hydrogen (secondary N) is 3. The van der Waals surface area contributed by atoms with Crippen molar-refractivity contribution in [1.82, 2.24) is 15.6 Å². The summed E-state index contributed by atoms with van der Waals surface area (Å²) in [6.45, 7) is 2.49. The molecule has 0 saturated carbocycles. The Kier molecular flexibility index (Phi) is 8.11. The fourth-order valence-electron chi connectivity index (χ4n) is 2.33. The number of ether oxygens (including phenoxy) is 1. The molecule has 0 bridgehead atoms. The maximum absolute atomic E-state index is 5.24. The van der Waals surface area contributed by atoms with Crippen LogP contribution in [0.15, 0.2) is 53.7 Å². The van der Waals surface area contributed by atoms with E-state index >= 15 is 0 Å². The molecule has 3 N–H and O–H groups in total. The zero-order chi connectivity index (χ0) is 17.7. The fourth-order valence-corrected chi connectivity index (χ4v) is 2.33. The summed E-state index contributed by atoms with van der Waals surface area (Å²) in [4.78, 5) is 8.49. The summed E-state index contributed by atoms with van der Waals surface area (Å²) in [5.74, 6) is 2.59. The number of unbranched alkanes of at least 4 members (excludes halogenated alkanes) is 1. The van der Waals surface area contributed by atoms with Crippen LogP contribution >= 0.6 is 0 Å². The highest BCUT2D eigenvalue weighted by atomic mass is 16.5. The lowest BCUT2D eigenvalue weighted by Crippen LogP contribution is -2.37. The smallest absolute Gasteiger partial charge is 0.191 e. The Morgan fingerprint density at radius 1 is 1.08 bits per heavy atom. The normalized spacial score (nSPS) is 11.0. The average molecular weight is 341 g/mol. The number of methoxy groups -OCH3 is 1. The quantitative estimate of drug-likeness (QED) is 0.372. The number of hydrogen-bond acceptors (Lipinski definition) is 4. The first-order valence-corrected chi connectivity index (χ1v) is 8.54. The molecule has 0 spiro atoms. The summed E-state index contributed by atoms with van der Waals surface area (Å²) >= 11 is 0. The van der Waals surface area contributed by atoms with Gasteiger partial charge in [0.05, 0.1) is 7.11 Å². The van der Waals surface area contributed by atoms with Crippen molar-refractivity contribution in [2.45, 2.75) is 19.4 Å². The third-order valence-electron chi connectivity index (χ3n) is 3.68. The van der Waals surface area contributed by atoms with Gasteiger partial charge in [0, 0.05) is 32.9 Å². The van der Waals surface area contributed by atoms with Crippen LogP contribution in [0.3, 0.4) is 0 Å². The van der Waals surface area contributed by atoms with Gasteiger partial charge < -0.3 is 20.7 Å². The van der Waals surface area contributed by atoms with Gasteiger partial charge in [0.1, 0.15) is 11.6 Å². The van der Waals surface area contributed by atoms with E-state index in [1.165, 1.54) is 0 Å². The van der Waals surface area contributed by atoms with Crippen molar-refractivity contribution in [2.75, 3.05) is 32.6 Å². The number of hydrogen-bond donors (Lipinski definition) is 3. The van der Waals surface area contributed by atoms with Crippen LogP contribution in [0.1, 0.15) is 18.4 Å². The zero-order valence-electron chi connectivity index (χ0n) is 15.0. The summed E-state index contributed by atoms with van der Waals surface area (Å²) in [5, 5.41) is 9.95. The second-order valence-electron chi connectivity index (χ2n) is 5.55.